The fourth-order valence-electron chi connectivity index (χ4n) is 3.93. The van der Waals surface area contributed by atoms with Crippen molar-refractivity contribution in [2.45, 2.75) is 6.92 Å². The topological polar surface area (TPSA) is 142 Å². The number of carbonyl (C=O) groups is 1. The summed E-state index contributed by atoms with van der Waals surface area (Å²) >= 11 is 7.22. The monoisotopic (exact) mass is 581 g/mol. The Labute approximate surface area is 234 Å². The summed E-state index contributed by atoms with van der Waals surface area (Å²) in [5.74, 6) is -0.373. The summed E-state index contributed by atoms with van der Waals surface area (Å²) in [5.41, 5.74) is 1.57. The second-order valence-corrected chi connectivity index (χ2v) is 12.9. The number of carbonyl (C=O) groups excluding carboxylic acids is 1. The Balaban J connectivity index is 0.000000771. The van der Waals surface area contributed by atoms with E-state index in [4.69, 9.17) is 30.2 Å². The van der Waals surface area contributed by atoms with Gasteiger partial charge >= 0.3 is 0 Å². The van der Waals surface area contributed by atoms with E-state index in [1.54, 1.807) is 12.1 Å². The van der Waals surface area contributed by atoms with E-state index < -0.39 is 17.5 Å². The van der Waals surface area contributed by atoms with Crippen LogP contribution in [0.3, 0.4) is 0 Å². The zero-order chi connectivity index (χ0) is 28.5. The van der Waals surface area contributed by atoms with Crippen molar-refractivity contribution in [3.63, 3.8) is 0 Å². The summed E-state index contributed by atoms with van der Waals surface area (Å²) in [6.45, 7) is 1.96. The van der Waals surface area contributed by atoms with Gasteiger partial charge in [-0.25, -0.2) is 0 Å². The van der Waals surface area contributed by atoms with E-state index in [-0.39, 0.29) is 11.6 Å². The molecule has 0 radical (unpaired) electrons. The molecular formula is C29H24Cl2N2O5P+. The van der Waals surface area contributed by atoms with Crippen LogP contribution in [0.5, 0.6) is 0 Å². The Morgan fingerprint density at radius 1 is 0.795 bits per heavy atom. The zero-order valence-corrected chi connectivity index (χ0v) is 23.1. The van der Waals surface area contributed by atoms with Crippen LogP contribution in [0.1, 0.15) is 15.9 Å². The molecule has 0 atom stereocenters. The Morgan fingerprint density at radius 3 is 1.49 bits per heavy atom. The van der Waals surface area contributed by atoms with Crippen molar-refractivity contribution < 1.29 is 33.7 Å². The first kappa shape index (κ1) is 30.0. The number of nitrogens with zero attached hydrogens (tertiary/aromatic N) is 1. The lowest BCUT2D eigenvalue weighted by molar-refractivity contribution is -1.92. The molecule has 0 aliphatic carbocycles. The molecule has 0 aromatic heterocycles. The molecule has 0 spiro atoms. The van der Waals surface area contributed by atoms with Gasteiger partial charge in [0.15, 0.2) is 13.0 Å². The quantitative estimate of drug-likeness (QED) is 0.261. The molecule has 39 heavy (non-hydrogen) atoms. The average Bonchev–Trinajstić information content (AvgIpc) is 2.93. The van der Waals surface area contributed by atoms with E-state index in [0.717, 1.165) is 21.5 Å². The summed E-state index contributed by atoms with van der Waals surface area (Å²) in [5, 5.41) is 15.9. The van der Waals surface area contributed by atoms with Crippen LogP contribution in [0.2, 0.25) is 0 Å². The zero-order valence-electron chi connectivity index (χ0n) is 20.7. The highest BCUT2D eigenvalue weighted by Crippen LogP contribution is 2.64. The lowest BCUT2D eigenvalue weighted by Gasteiger charge is -2.27. The van der Waals surface area contributed by atoms with Gasteiger partial charge in [0, 0.05) is 5.56 Å². The van der Waals surface area contributed by atoms with Crippen molar-refractivity contribution >= 4 is 40.7 Å². The van der Waals surface area contributed by atoms with Crippen molar-refractivity contribution in [2.24, 2.45) is 0 Å². The van der Waals surface area contributed by atoms with Crippen molar-refractivity contribution in [1.29, 1.82) is 5.26 Å². The van der Waals surface area contributed by atoms with Crippen LogP contribution in [0.4, 0.5) is 0 Å². The first-order chi connectivity index (χ1) is 18.6. The van der Waals surface area contributed by atoms with E-state index in [2.05, 4.69) is 11.4 Å². The van der Waals surface area contributed by atoms with Crippen molar-refractivity contribution in [1.82, 2.24) is 5.32 Å². The van der Waals surface area contributed by atoms with Gasteiger partial charge < -0.3 is 5.32 Å². The number of hydrogen-bond donors (Lipinski definition) is 2. The number of rotatable bonds is 6. The van der Waals surface area contributed by atoms with Gasteiger partial charge in [-0.15, -0.1) is 0 Å². The second-order valence-electron chi connectivity index (χ2n) is 8.17. The predicted molar refractivity (Wildman–Crippen MR) is 145 cm³/mol. The molecule has 0 fully saturated rings. The average molecular weight is 582 g/mol. The SMILES string of the molecule is Cc1ccc(C(=O)N/C(C#N)=C(\Cl)[P+](c2ccccc2)(c2ccccc2)c2ccccc2)cc1.[O-][Cl+3]([O-])([O-])O. The van der Waals surface area contributed by atoms with Gasteiger partial charge in [0.2, 0.25) is 4.77 Å². The number of amides is 1. The molecule has 0 saturated heterocycles. The van der Waals surface area contributed by atoms with Crippen molar-refractivity contribution in [3.8, 4) is 6.07 Å². The summed E-state index contributed by atoms with van der Waals surface area (Å²) < 4.78 is 33.1. The minimum atomic E-state index is -4.69. The summed E-state index contributed by atoms with van der Waals surface area (Å²) in [6.07, 6.45) is 0. The number of aryl methyl sites for hydroxylation is 1. The minimum Gasteiger partial charge on any atom is -0.309 e. The largest absolute Gasteiger partial charge is 0.309 e. The normalized spacial score (nSPS) is 11.8. The van der Waals surface area contributed by atoms with E-state index in [0.29, 0.717) is 10.3 Å². The van der Waals surface area contributed by atoms with Crippen LogP contribution in [0, 0.1) is 28.5 Å². The van der Waals surface area contributed by atoms with E-state index in [1.165, 1.54) is 0 Å². The lowest BCUT2D eigenvalue weighted by atomic mass is 10.1. The van der Waals surface area contributed by atoms with Gasteiger partial charge in [-0.3, -0.25) is 4.79 Å². The molecule has 10 heteroatoms. The van der Waals surface area contributed by atoms with Gasteiger partial charge in [-0.1, -0.05) is 72.3 Å². The van der Waals surface area contributed by atoms with Gasteiger partial charge in [0.05, 0.1) is 14.9 Å². The van der Waals surface area contributed by atoms with Crippen LogP contribution in [0.15, 0.2) is 126 Å². The fraction of sp³-hybridized carbons (Fsp3) is 0.0345. The standard InChI is InChI=1S/C29H22ClN2OP.ClHO4/c1-22-17-19-23(20-18-22)29(33)32-27(21-31)28(30)34(24-11-5-2-6-12-24,25-13-7-3-8-14-25)26-15-9-4-10-16-26;2-1(3,4)5/h2-20H,1H3;(H,2,3,4,5)/p+1/b28-27+;. The third-order valence-corrected chi connectivity index (χ3v) is 10.6. The van der Waals surface area contributed by atoms with Crippen LogP contribution in [0.25, 0.3) is 0 Å². The van der Waals surface area contributed by atoms with Gasteiger partial charge in [0.25, 0.3) is 5.91 Å². The Kier molecular flexibility index (Phi) is 10.4. The van der Waals surface area contributed by atoms with Crippen LogP contribution < -0.4 is 35.2 Å². The Morgan fingerprint density at radius 2 is 1.15 bits per heavy atom. The fourth-order valence-corrected chi connectivity index (χ4v) is 8.77. The molecule has 0 unspecified atom stereocenters. The third-order valence-electron chi connectivity index (χ3n) is 5.60. The number of benzene rings is 4. The minimum absolute atomic E-state index is 0.0529. The summed E-state index contributed by atoms with van der Waals surface area (Å²) in [4.78, 5) is 13.0. The number of nitrogens with one attached hydrogen (secondary N) is 1. The maximum Gasteiger partial charge on any atom is 0.256 e. The predicted octanol–water partition coefficient (Wildman–Crippen LogP) is 1.53. The van der Waals surface area contributed by atoms with Crippen LogP contribution in [-0.2, 0) is 0 Å². The lowest BCUT2D eigenvalue weighted by Crippen LogP contribution is -2.58. The molecular weight excluding hydrogens is 558 g/mol. The highest BCUT2D eigenvalue weighted by atomic mass is 35.7. The van der Waals surface area contributed by atoms with E-state index in [1.807, 2.05) is 110 Å². The number of nitriles is 1. The van der Waals surface area contributed by atoms with Gasteiger partial charge in [-0.05, 0) is 67.1 Å². The summed E-state index contributed by atoms with van der Waals surface area (Å²) in [6, 6.07) is 39.3. The molecule has 7 nitrogen and oxygen atoms in total. The molecule has 198 valence electrons. The highest BCUT2D eigenvalue weighted by Gasteiger charge is 2.51. The highest BCUT2D eigenvalue weighted by molar-refractivity contribution is 8.00. The van der Waals surface area contributed by atoms with Crippen molar-refractivity contribution in [3.05, 3.63) is 137 Å². The molecule has 4 aromatic carbocycles. The Hall–Kier alpha value is -3.57. The molecule has 0 bridgehead atoms. The molecule has 4 rings (SSSR count). The molecule has 0 aliphatic heterocycles. The maximum atomic E-state index is 13.0. The molecule has 0 saturated carbocycles. The van der Waals surface area contributed by atoms with Gasteiger partial charge in [0.1, 0.15) is 22.0 Å². The molecule has 2 N–H and O–H groups in total. The molecule has 0 aliphatic rings. The van der Waals surface area contributed by atoms with Crippen LogP contribution >= 0.6 is 18.9 Å². The summed E-state index contributed by atoms with van der Waals surface area (Å²) in [7, 11) is -7.36. The Bertz CT molecular complexity index is 1350. The number of hydrogen-bond acceptors (Lipinski definition) is 6. The van der Waals surface area contributed by atoms with Crippen molar-refractivity contribution in [2.75, 3.05) is 0 Å². The van der Waals surface area contributed by atoms with E-state index >= 15 is 0 Å². The molecule has 4 aromatic rings. The third kappa shape index (κ3) is 7.73. The maximum absolute atomic E-state index is 13.0. The first-order valence-corrected chi connectivity index (χ1v) is 14.9. The smallest absolute Gasteiger partial charge is 0.256 e. The van der Waals surface area contributed by atoms with E-state index in [9.17, 15) is 10.1 Å². The number of halogens is 2. The molecule has 1 amide bonds. The van der Waals surface area contributed by atoms with Crippen LogP contribution in [-0.4, -0.2) is 10.6 Å². The van der Waals surface area contributed by atoms with Gasteiger partial charge in [-0.2, -0.15) is 19.2 Å². The first-order valence-electron chi connectivity index (χ1n) is 11.4. The number of allylic oxidation sites excluding steroid dienone is 1. The second kappa shape index (κ2) is 13.5. The molecule has 0 heterocycles.